The maximum absolute atomic E-state index is 12.1. The lowest BCUT2D eigenvalue weighted by Gasteiger charge is -2.32. The normalized spacial score (nSPS) is 16.6. The lowest BCUT2D eigenvalue weighted by Crippen LogP contribution is -2.45. The molecule has 0 aliphatic carbocycles. The van der Waals surface area contributed by atoms with Crippen LogP contribution in [0.5, 0.6) is 5.75 Å². The van der Waals surface area contributed by atoms with Crippen molar-refractivity contribution in [2.45, 2.75) is 45.6 Å². The van der Waals surface area contributed by atoms with Crippen LogP contribution in [-0.4, -0.2) is 25.1 Å². The van der Waals surface area contributed by atoms with Gasteiger partial charge in [0, 0.05) is 12.6 Å². The molecule has 1 aliphatic heterocycles. The minimum atomic E-state index is -0.0209. The fraction of sp³-hybridized carbons (Fsp3) is 0.562. The number of hydrogen-bond acceptors (Lipinski definition) is 3. The molecule has 2 N–H and O–H groups in total. The molecule has 1 aliphatic rings. The molecule has 1 unspecified atom stereocenters. The molecule has 0 aromatic heterocycles. The van der Waals surface area contributed by atoms with Crippen molar-refractivity contribution in [2.75, 3.05) is 18.1 Å². The van der Waals surface area contributed by atoms with Crippen molar-refractivity contribution in [3.63, 3.8) is 0 Å². The van der Waals surface area contributed by atoms with Crippen molar-refractivity contribution < 1.29 is 9.53 Å². The first kappa shape index (κ1) is 14.9. The minimum absolute atomic E-state index is 0.0109. The van der Waals surface area contributed by atoms with Crippen molar-refractivity contribution in [2.24, 2.45) is 5.73 Å². The Kier molecular flexibility index (Phi) is 4.04. The van der Waals surface area contributed by atoms with Gasteiger partial charge in [-0.3, -0.25) is 4.79 Å². The summed E-state index contributed by atoms with van der Waals surface area (Å²) < 4.78 is 5.52. The van der Waals surface area contributed by atoms with Crippen LogP contribution >= 0.6 is 0 Å². The van der Waals surface area contributed by atoms with Crippen LogP contribution in [0.3, 0.4) is 0 Å². The summed E-state index contributed by atoms with van der Waals surface area (Å²) in [6.45, 7) is 9.13. The number of nitrogens with two attached hydrogens (primary N) is 1. The molecule has 1 amide bonds. The van der Waals surface area contributed by atoms with Gasteiger partial charge in [-0.05, 0) is 29.5 Å². The number of hydrogen-bond donors (Lipinski definition) is 1. The highest BCUT2D eigenvalue weighted by atomic mass is 16.5. The molecule has 0 bridgehead atoms. The number of fused-ring (bicyclic) bond motifs is 1. The fourth-order valence-electron chi connectivity index (χ4n) is 2.23. The summed E-state index contributed by atoms with van der Waals surface area (Å²) in [5.41, 5.74) is 8.08. The van der Waals surface area contributed by atoms with Crippen molar-refractivity contribution in [3.05, 3.63) is 23.8 Å². The second-order valence-corrected chi connectivity index (χ2v) is 6.39. The van der Waals surface area contributed by atoms with Gasteiger partial charge in [0.25, 0.3) is 5.91 Å². The van der Waals surface area contributed by atoms with Gasteiger partial charge in [0.1, 0.15) is 5.75 Å². The Balaban J connectivity index is 2.40. The molecule has 0 fully saturated rings. The lowest BCUT2D eigenvalue weighted by molar-refractivity contribution is -0.121. The van der Waals surface area contributed by atoms with E-state index in [9.17, 15) is 4.79 Å². The summed E-state index contributed by atoms with van der Waals surface area (Å²) in [5.74, 6) is 0.744. The Morgan fingerprint density at radius 3 is 2.70 bits per heavy atom. The van der Waals surface area contributed by atoms with E-state index in [0.29, 0.717) is 6.54 Å². The molecule has 1 atom stereocenters. The molecule has 1 heterocycles. The van der Waals surface area contributed by atoms with Gasteiger partial charge >= 0.3 is 0 Å². The quantitative estimate of drug-likeness (QED) is 0.922. The molecule has 20 heavy (non-hydrogen) atoms. The maximum atomic E-state index is 12.1. The Morgan fingerprint density at radius 1 is 1.40 bits per heavy atom. The van der Waals surface area contributed by atoms with E-state index in [1.165, 1.54) is 5.56 Å². The molecule has 0 saturated heterocycles. The number of rotatable bonds is 3. The topological polar surface area (TPSA) is 55.6 Å². The standard InChI is InChI=1S/C16H24N2O2/c1-5-12(17)9-18-13-8-11(16(2,3)4)6-7-14(13)20-10-15(18)19/h6-8,12H,5,9-10,17H2,1-4H3. The summed E-state index contributed by atoms with van der Waals surface area (Å²) in [6, 6.07) is 6.05. The van der Waals surface area contributed by atoms with Crippen LogP contribution in [0.25, 0.3) is 0 Å². The van der Waals surface area contributed by atoms with Crippen LogP contribution in [0, 0.1) is 0 Å². The minimum Gasteiger partial charge on any atom is -0.482 e. The number of nitrogens with zero attached hydrogens (tertiary/aromatic N) is 1. The lowest BCUT2D eigenvalue weighted by atomic mass is 9.86. The van der Waals surface area contributed by atoms with Crippen LogP contribution in [0.4, 0.5) is 5.69 Å². The Labute approximate surface area is 120 Å². The summed E-state index contributed by atoms with van der Waals surface area (Å²) in [5, 5.41) is 0. The molecule has 1 aromatic rings. The molecule has 110 valence electrons. The Hall–Kier alpha value is -1.55. The highest BCUT2D eigenvalue weighted by molar-refractivity contribution is 5.98. The van der Waals surface area contributed by atoms with Crippen LogP contribution < -0.4 is 15.4 Å². The smallest absolute Gasteiger partial charge is 0.265 e. The number of carbonyl (C=O) groups is 1. The van der Waals surface area contributed by atoms with Crippen LogP contribution in [0.1, 0.15) is 39.7 Å². The number of carbonyl (C=O) groups excluding carboxylic acids is 1. The highest BCUT2D eigenvalue weighted by Crippen LogP contribution is 2.36. The van der Waals surface area contributed by atoms with Crippen LogP contribution in [-0.2, 0) is 10.2 Å². The third-order valence-electron chi connectivity index (χ3n) is 3.71. The van der Waals surface area contributed by atoms with E-state index >= 15 is 0 Å². The molecule has 0 saturated carbocycles. The monoisotopic (exact) mass is 276 g/mol. The van der Waals surface area contributed by atoms with Crippen molar-refractivity contribution in [1.29, 1.82) is 0 Å². The third-order valence-corrected chi connectivity index (χ3v) is 3.71. The second kappa shape index (κ2) is 5.44. The van der Waals surface area contributed by atoms with Crippen molar-refractivity contribution in [1.82, 2.24) is 0 Å². The molecule has 2 rings (SSSR count). The van der Waals surface area contributed by atoms with E-state index in [0.717, 1.165) is 17.9 Å². The summed E-state index contributed by atoms with van der Waals surface area (Å²) >= 11 is 0. The first-order valence-corrected chi connectivity index (χ1v) is 7.16. The molecule has 4 nitrogen and oxygen atoms in total. The van der Waals surface area contributed by atoms with E-state index in [2.05, 4.69) is 32.9 Å². The van der Waals surface area contributed by atoms with Gasteiger partial charge in [0.05, 0.1) is 5.69 Å². The van der Waals surface area contributed by atoms with Gasteiger partial charge in [-0.25, -0.2) is 0 Å². The van der Waals surface area contributed by atoms with Gasteiger partial charge < -0.3 is 15.4 Å². The maximum Gasteiger partial charge on any atom is 0.265 e. The average molecular weight is 276 g/mol. The predicted molar refractivity (Wildman–Crippen MR) is 81.3 cm³/mol. The average Bonchev–Trinajstić information content (AvgIpc) is 2.40. The van der Waals surface area contributed by atoms with Gasteiger partial charge in [-0.2, -0.15) is 0 Å². The highest BCUT2D eigenvalue weighted by Gasteiger charge is 2.28. The SMILES string of the molecule is CCC(N)CN1C(=O)COc2ccc(C(C)(C)C)cc21. The molecule has 0 radical (unpaired) electrons. The van der Waals surface area contributed by atoms with Gasteiger partial charge in [0.15, 0.2) is 6.61 Å². The van der Waals surface area contributed by atoms with Crippen molar-refractivity contribution in [3.8, 4) is 5.75 Å². The van der Waals surface area contributed by atoms with Crippen LogP contribution in [0.2, 0.25) is 0 Å². The molecular weight excluding hydrogens is 252 g/mol. The first-order chi connectivity index (χ1) is 9.32. The molecule has 0 spiro atoms. The second-order valence-electron chi connectivity index (χ2n) is 6.39. The summed E-state index contributed by atoms with van der Waals surface area (Å²) in [4.78, 5) is 13.9. The van der Waals surface area contributed by atoms with Gasteiger partial charge in [-0.1, -0.05) is 33.8 Å². The van der Waals surface area contributed by atoms with E-state index in [1.807, 2.05) is 13.0 Å². The number of ether oxygens (including phenoxy) is 1. The van der Waals surface area contributed by atoms with Crippen LogP contribution in [0.15, 0.2) is 18.2 Å². The fourth-order valence-corrected chi connectivity index (χ4v) is 2.23. The van der Waals surface area contributed by atoms with E-state index in [4.69, 9.17) is 10.5 Å². The number of amides is 1. The Morgan fingerprint density at radius 2 is 2.10 bits per heavy atom. The first-order valence-electron chi connectivity index (χ1n) is 7.16. The summed E-state index contributed by atoms with van der Waals surface area (Å²) in [6.07, 6.45) is 0.846. The largest absolute Gasteiger partial charge is 0.482 e. The number of anilines is 1. The van der Waals surface area contributed by atoms with Gasteiger partial charge in [0.2, 0.25) is 0 Å². The zero-order valence-corrected chi connectivity index (χ0v) is 12.8. The number of benzene rings is 1. The molecule has 1 aromatic carbocycles. The predicted octanol–water partition coefficient (Wildman–Crippen LogP) is 2.45. The van der Waals surface area contributed by atoms with E-state index in [-0.39, 0.29) is 24.0 Å². The zero-order valence-electron chi connectivity index (χ0n) is 12.8. The molecule has 4 heteroatoms. The third kappa shape index (κ3) is 2.96. The van der Waals surface area contributed by atoms with Gasteiger partial charge in [-0.15, -0.1) is 0 Å². The Bertz CT molecular complexity index is 506. The van der Waals surface area contributed by atoms with E-state index < -0.39 is 0 Å². The van der Waals surface area contributed by atoms with Crippen molar-refractivity contribution >= 4 is 11.6 Å². The zero-order chi connectivity index (χ0) is 14.9. The molecular formula is C16H24N2O2. The summed E-state index contributed by atoms with van der Waals surface area (Å²) in [7, 11) is 0. The van der Waals surface area contributed by atoms with E-state index in [1.54, 1.807) is 4.90 Å².